The summed E-state index contributed by atoms with van der Waals surface area (Å²) in [5, 5.41) is 9.13. The van der Waals surface area contributed by atoms with Crippen molar-refractivity contribution in [2.75, 3.05) is 13.7 Å². The number of amides is 1. The van der Waals surface area contributed by atoms with Crippen molar-refractivity contribution in [2.45, 2.75) is 70.7 Å². The number of benzene rings is 1. The molecule has 1 heterocycles. The van der Waals surface area contributed by atoms with Crippen molar-refractivity contribution < 1.29 is 18.7 Å². The number of rotatable bonds is 4. The largest absolute Gasteiger partial charge is 0.444 e. The SMILES string of the molecule is COC1(O[Si](C)(C)C)CCCN(C(=O)OC(C)(C)C)C1c1ccc(C#N)cc1. The molecule has 0 spiro atoms. The number of nitrogens with zero attached hydrogens (tertiary/aromatic N) is 2. The van der Waals surface area contributed by atoms with Gasteiger partial charge in [-0.05, 0) is 64.5 Å². The van der Waals surface area contributed by atoms with Gasteiger partial charge in [0.15, 0.2) is 14.1 Å². The fourth-order valence-electron chi connectivity index (χ4n) is 3.57. The van der Waals surface area contributed by atoms with Crippen molar-refractivity contribution >= 4 is 14.4 Å². The van der Waals surface area contributed by atoms with Crippen LogP contribution in [-0.2, 0) is 13.9 Å². The van der Waals surface area contributed by atoms with E-state index in [1.807, 2.05) is 32.9 Å². The fraction of sp³-hybridized carbons (Fsp3) is 0.619. The number of piperidine rings is 1. The van der Waals surface area contributed by atoms with Gasteiger partial charge in [-0.15, -0.1) is 0 Å². The predicted molar refractivity (Wildman–Crippen MR) is 110 cm³/mol. The maximum atomic E-state index is 13.0. The second kappa shape index (κ2) is 8.24. The van der Waals surface area contributed by atoms with E-state index >= 15 is 0 Å². The molecule has 2 atom stereocenters. The van der Waals surface area contributed by atoms with Gasteiger partial charge in [0.25, 0.3) is 0 Å². The molecule has 0 radical (unpaired) electrons. The topological polar surface area (TPSA) is 71.8 Å². The molecule has 0 saturated carbocycles. The zero-order valence-electron chi connectivity index (χ0n) is 18.0. The smallest absolute Gasteiger partial charge is 0.410 e. The van der Waals surface area contributed by atoms with E-state index in [0.29, 0.717) is 18.5 Å². The summed E-state index contributed by atoms with van der Waals surface area (Å²) in [6.07, 6.45) is 1.05. The van der Waals surface area contributed by atoms with E-state index in [1.54, 1.807) is 24.1 Å². The summed E-state index contributed by atoms with van der Waals surface area (Å²) < 4.78 is 18.2. The third-order valence-corrected chi connectivity index (χ3v) is 5.42. The number of hydrogen-bond acceptors (Lipinski definition) is 5. The van der Waals surface area contributed by atoms with Crippen molar-refractivity contribution in [1.82, 2.24) is 4.90 Å². The number of carbonyl (C=O) groups is 1. The van der Waals surface area contributed by atoms with Crippen LogP contribution < -0.4 is 0 Å². The van der Waals surface area contributed by atoms with Crippen molar-refractivity contribution in [3.05, 3.63) is 35.4 Å². The average Bonchev–Trinajstić information content (AvgIpc) is 2.58. The highest BCUT2D eigenvalue weighted by Crippen LogP contribution is 2.44. The Hall–Kier alpha value is -1.88. The number of hydrogen-bond donors (Lipinski definition) is 0. The van der Waals surface area contributed by atoms with Crippen LogP contribution in [0.15, 0.2) is 24.3 Å². The number of likely N-dealkylation sites (tertiary alicyclic amines) is 1. The van der Waals surface area contributed by atoms with E-state index in [4.69, 9.17) is 19.2 Å². The van der Waals surface area contributed by atoms with Crippen LogP contribution in [0.25, 0.3) is 0 Å². The normalized spacial score (nSPS) is 23.2. The van der Waals surface area contributed by atoms with Crippen LogP contribution in [0.3, 0.4) is 0 Å². The molecule has 0 bridgehead atoms. The molecule has 7 heteroatoms. The fourth-order valence-corrected chi connectivity index (χ4v) is 4.90. The Balaban J connectivity index is 2.54. The Morgan fingerprint density at radius 2 is 1.86 bits per heavy atom. The molecular weight excluding hydrogens is 372 g/mol. The maximum absolute atomic E-state index is 13.0. The van der Waals surface area contributed by atoms with Gasteiger partial charge in [0.05, 0.1) is 11.6 Å². The Labute approximate surface area is 169 Å². The van der Waals surface area contributed by atoms with Gasteiger partial charge in [-0.25, -0.2) is 4.79 Å². The summed E-state index contributed by atoms with van der Waals surface area (Å²) >= 11 is 0. The summed E-state index contributed by atoms with van der Waals surface area (Å²) in [6, 6.07) is 8.93. The van der Waals surface area contributed by atoms with Crippen LogP contribution in [0.1, 0.15) is 50.8 Å². The summed E-state index contributed by atoms with van der Waals surface area (Å²) in [5.74, 6) is -0.951. The minimum Gasteiger partial charge on any atom is -0.444 e. The molecule has 154 valence electrons. The van der Waals surface area contributed by atoms with Crippen LogP contribution in [0.5, 0.6) is 0 Å². The highest BCUT2D eigenvalue weighted by atomic mass is 28.4. The molecule has 0 N–H and O–H groups in total. The van der Waals surface area contributed by atoms with Crippen LogP contribution in [0.2, 0.25) is 19.6 Å². The Morgan fingerprint density at radius 3 is 2.32 bits per heavy atom. The second-order valence-corrected chi connectivity index (χ2v) is 13.6. The number of ether oxygens (including phenoxy) is 2. The summed E-state index contributed by atoms with van der Waals surface area (Å²) in [4.78, 5) is 14.7. The third-order valence-electron chi connectivity index (χ3n) is 4.46. The summed E-state index contributed by atoms with van der Waals surface area (Å²) in [7, 11) is -0.363. The lowest BCUT2D eigenvalue weighted by atomic mass is 9.89. The lowest BCUT2D eigenvalue weighted by Gasteiger charge is -2.50. The first kappa shape index (κ1) is 22.4. The highest BCUT2D eigenvalue weighted by molar-refractivity contribution is 6.69. The van der Waals surface area contributed by atoms with Crippen molar-refractivity contribution in [3.63, 3.8) is 0 Å². The van der Waals surface area contributed by atoms with Gasteiger partial charge in [0, 0.05) is 20.1 Å². The molecule has 1 aliphatic heterocycles. The van der Waals surface area contributed by atoms with Gasteiger partial charge in [0.1, 0.15) is 11.6 Å². The predicted octanol–water partition coefficient (Wildman–Crippen LogP) is 4.82. The van der Waals surface area contributed by atoms with E-state index in [-0.39, 0.29) is 6.09 Å². The molecule has 1 aromatic rings. The highest BCUT2D eigenvalue weighted by Gasteiger charge is 2.51. The van der Waals surface area contributed by atoms with Crippen molar-refractivity contribution in [1.29, 1.82) is 5.26 Å². The molecule has 1 aliphatic rings. The van der Waals surface area contributed by atoms with Crippen LogP contribution >= 0.6 is 0 Å². The second-order valence-electron chi connectivity index (χ2n) is 9.14. The van der Waals surface area contributed by atoms with Crippen molar-refractivity contribution in [2.24, 2.45) is 0 Å². The number of nitriles is 1. The van der Waals surface area contributed by atoms with E-state index in [2.05, 4.69) is 25.7 Å². The lowest BCUT2D eigenvalue weighted by molar-refractivity contribution is -0.230. The van der Waals surface area contributed by atoms with Gasteiger partial charge >= 0.3 is 6.09 Å². The van der Waals surface area contributed by atoms with E-state index in [0.717, 1.165) is 12.0 Å². The number of carbonyl (C=O) groups excluding carboxylic acids is 1. The Bertz CT molecular complexity index is 731. The maximum Gasteiger partial charge on any atom is 0.410 e. The minimum absolute atomic E-state index is 0.387. The van der Waals surface area contributed by atoms with Gasteiger partial charge < -0.3 is 13.9 Å². The summed E-state index contributed by atoms with van der Waals surface area (Å²) in [5.41, 5.74) is 0.834. The molecule has 1 aromatic carbocycles. The standard InChI is InChI=1S/C21H32N2O4Si/c1-20(2,3)26-19(24)23-14-8-13-21(25-4,27-28(5,6)7)18(23)17-11-9-16(15-22)10-12-17/h9-12,18H,8,13-14H2,1-7H3. The van der Waals surface area contributed by atoms with E-state index < -0.39 is 25.7 Å². The first-order valence-corrected chi connectivity index (χ1v) is 13.1. The van der Waals surface area contributed by atoms with Gasteiger partial charge in [-0.3, -0.25) is 4.90 Å². The molecular formula is C21H32N2O4Si. The van der Waals surface area contributed by atoms with Crippen LogP contribution in [0.4, 0.5) is 4.79 Å². The zero-order chi connectivity index (χ0) is 21.2. The molecule has 2 rings (SSSR count). The minimum atomic E-state index is -2.00. The Morgan fingerprint density at radius 1 is 1.25 bits per heavy atom. The summed E-state index contributed by atoms with van der Waals surface area (Å²) in [6.45, 7) is 12.4. The zero-order valence-corrected chi connectivity index (χ0v) is 19.0. The lowest BCUT2D eigenvalue weighted by Crippen LogP contribution is -2.58. The Kier molecular flexibility index (Phi) is 6.59. The molecule has 1 amide bonds. The van der Waals surface area contributed by atoms with Gasteiger partial charge in [0.2, 0.25) is 0 Å². The van der Waals surface area contributed by atoms with Gasteiger partial charge in [-0.1, -0.05) is 12.1 Å². The van der Waals surface area contributed by atoms with Crippen molar-refractivity contribution in [3.8, 4) is 6.07 Å². The quantitative estimate of drug-likeness (QED) is 0.531. The first-order chi connectivity index (χ1) is 12.9. The van der Waals surface area contributed by atoms with E-state index in [9.17, 15) is 4.79 Å². The molecule has 0 aromatic heterocycles. The van der Waals surface area contributed by atoms with Gasteiger partial charge in [-0.2, -0.15) is 5.26 Å². The molecule has 6 nitrogen and oxygen atoms in total. The molecule has 28 heavy (non-hydrogen) atoms. The van der Waals surface area contributed by atoms with Crippen LogP contribution in [-0.4, -0.2) is 44.4 Å². The molecule has 2 unspecified atom stereocenters. The monoisotopic (exact) mass is 404 g/mol. The third kappa shape index (κ3) is 5.34. The first-order valence-electron chi connectivity index (χ1n) is 9.66. The molecule has 1 fully saturated rings. The number of methoxy groups -OCH3 is 1. The van der Waals surface area contributed by atoms with Crippen LogP contribution in [0, 0.1) is 11.3 Å². The van der Waals surface area contributed by atoms with E-state index in [1.165, 1.54) is 0 Å². The average molecular weight is 405 g/mol. The molecule has 1 saturated heterocycles. The molecule has 0 aliphatic carbocycles.